The van der Waals surface area contributed by atoms with Gasteiger partial charge >= 0.3 is 0 Å². The van der Waals surface area contributed by atoms with Crippen LogP contribution in [-0.2, 0) is 11.2 Å². The van der Waals surface area contributed by atoms with E-state index in [1.54, 1.807) is 0 Å². The van der Waals surface area contributed by atoms with Gasteiger partial charge in [-0.3, -0.25) is 9.89 Å². The Hall–Kier alpha value is -1.36. The highest BCUT2D eigenvalue weighted by Gasteiger charge is 2.04. The number of aromatic amines is 1. The Kier molecular flexibility index (Phi) is 5.56. The summed E-state index contributed by atoms with van der Waals surface area (Å²) in [6, 6.07) is 1.88. The highest BCUT2D eigenvalue weighted by Crippen LogP contribution is 1.97. The Morgan fingerprint density at radius 2 is 2.25 bits per heavy atom. The molecule has 5 heteroatoms. The van der Waals surface area contributed by atoms with Gasteiger partial charge in [0.1, 0.15) is 0 Å². The van der Waals surface area contributed by atoms with Crippen molar-refractivity contribution in [3.05, 3.63) is 17.5 Å². The first kappa shape index (κ1) is 12.7. The van der Waals surface area contributed by atoms with E-state index in [-0.39, 0.29) is 5.91 Å². The number of H-pyrrole nitrogens is 1. The van der Waals surface area contributed by atoms with Crippen molar-refractivity contribution in [3.63, 3.8) is 0 Å². The van der Waals surface area contributed by atoms with Gasteiger partial charge in [-0.1, -0.05) is 6.92 Å². The van der Waals surface area contributed by atoms with Crippen LogP contribution in [-0.4, -0.2) is 35.7 Å². The fourth-order valence-electron chi connectivity index (χ4n) is 1.38. The van der Waals surface area contributed by atoms with Gasteiger partial charge in [-0.2, -0.15) is 5.10 Å². The monoisotopic (exact) mass is 224 g/mol. The van der Waals surface area contributed by atoms with Gasteiger partial charge in [0.25, 0.3) is 0 Å². The van der Waals surface area contributed by atoms with Crippen LogP contribution in [0.3, 0.4) is 0 Å². The molecule has 0 bridgehead atoms. The van der Waals surface area contributed by atoms with Crippen molar-refractivity contribution in [1.29, 1.82) is 0 Å². The van der Waals surface area contributed by atoms with E-state index in [9.17, 15) is 4.79 Å². The second-order valence-electron chi connectivity index (χ2n) is 3.82. The summed E-state index contributed by atoms with van der Waals surface area (Å²) in [5.74, 6) is 0.0183. The average Bonchev–Trinajstić information content (AvgIpc) is 2.63. The number of nitrogens with one attached hydrogen (secondary N) is 3. The van der Waals surface area contributed by atoms with Crippen LogP contribution in [0.25, 0.3) is 0 Å². The third-order valence-corrected chi connectivity index (χ3v) is 2.15. The van der Waals surface area contributed by atoms with Crippen LogP contribution in [0.5, 0.6) is 0 Å². The first-order chi connectivity index (χ1) is 7.72. The molecule has 0 atom stereocenters. The molecule has 0 aromatic carbocycles. The molecule has 0 aliphatic rings. The van der Waals surface area contributed by atoms with Crippen LogP contribution >= 0.6 is 0 Å². The van der Waals surface area contributed by atoms with Crippen molar-refractivity contribution in [2.75, 3.05) is 19.6 Å². The highest BCUT2D eigenvalue weighted by atomic mass is 16.1. The van der Waals surface area contributed by atoms with Crippen LogP contribution in [0.15, 0.2) is 6.07 Å². The lowest BCUT2D eigenvalue weighted by molar-refractivity contribution is -0.120. The molecule has 1 aromatic rings. The molecule has 0 fully saturated rings. The quantitative estimate of drug-likeness (QED) is 0.586. The van der Waals surface area contributed by atoms with Crippen molar-refractivity contribution in [1.82, 2.24) is 20.8 Å². The SMILES string of the molecule is CCCNCCNC(=O)Cc1cc(C)[nH]n1. The molecule has 16 heavy (non-hydrogen) atoms. The molecule has 1 amide bonds. The molecular weight excluding hydrogens is 204 g/mol. The number of carbonyl (C=O) groups excluding carboxylic acids is 1. The molecule has 1 rings (SSSR count). The lowest BCUT2D eigenvalue weighted by atomic mass is 10.3. The average molecular weight is 224 g/mol. The first-order valence-electron chi connectivity index (χ1n) is 5.70. The first-order valence-corrected chi connectivity index (χ1v) is 5.70. The molecule has 0 radical (unpaired) electrons. The van der Waals surface area contributed by atoms with Gasteiger partial charge in [0, 0.05) is 18.8 Å². The second-order valence-corrected chi connectivity index (χ2v) is 3.82. The lowest BCUT2D eigenvalue weighted by Gasteiger charge is -2.04. The van der Waals surface area contributed by atoms with Crippen LogP contribution in [0.2, 0.25) is 0 Å². The van der Waals surface area contributed by atoms with E-state index in [2.05, 4.69) is 27.8 Å². The third-order valence-electron chi connectivity index (χ3n) is 2.15. The molecule has 90 valence electrons. The minimum absolute atomic E-state index is 0.0183. The number of aryl methyl sites for hydroxylation is 1. The molecule has 0 aliphatic heterocycles. The van der Waals surface area contributed by atoms with Crippen molar-refractivity contribution in [2.24, 2.45) is 0 Å². The number of hydrogen-bond acceptors (Lipinski definition) is 3. The zero-order valence-corrected chi connectivity index (χ0v) is 9.97. The van der Waals surface area contributed by atoms with Gasteiger partial charge in [-0.15, -0.1) is 0 Å². The van der Waals surface area contributed by atoms with E-state index in [4.69, 9.17) is 0 Å². The number of nitrogens with zero attached hydrogens (tertiary/aromatic N) is 1. The number of carbonyl (C=O) groups is 1. The minimum Gasteiger partial charge on any atom is -0.354 e. The van der Waals surface area contributed by atoms with Crippen LogP contribution in [0.4, 0.5) is 0 Å². The molecule has 3 N–H and O–H groups in total. The van der Waals surface area contributed by atoms with Crippen LogP contribution < -0.4 is 10.6 Å². The summed E-state index contributed by atoms with van der Waals surface area (Å²) >= 11 is 0. The zero-order chi connectivity index (χ0) is 11.8. The number of amides is 1. The number of rotatable bonds is 7. The van der Waals surface area contributed by atoms with Gasteiger partial charge in [-0.05, 0) is 26.0 Å². The summed E-state index contributed by atoms with van der Waals surface area (Å²) in [5, 5.41) is 12.9. The summed E-state index contributed by atoms with van der Waals surface area (Å²) in [6.45, 7) is 6.52. The Bertz CT molecular complexity index is 322. The summed E-state index contributed by atoms with van der Waals surface area (Å²) in [7, 11) is 0. The second kappa shape index (κ2) is 7.00. The maximum Gasteiger partial charge on any atom is 0.226 e. The minimum atomic E-state index is 0.0183. The van der Waals surface area contributed by atoms with Gasteiger partial charge < -0.3 is 10.6 Å². The summed E-state index contributed by atoms with van der Waals surface area (Å²) in [6.07, 6.45) is 1.46. The summed E-state index contributed by atoms with van der Waals surface area (Å²) in [4.78, 5) is 11.5. The van der Waals surface area contributed by atoms with Gasteiger partial charge in [-0.25, -0.2) is 0 Å². The summed E-state index contributed by atoms with van der Waals surface area (Å²) < 4.78 is 0. The van der Waals surface area contributed by atoms with E-state index >= 15 is 0 Å². The van der Waals surface area contributed by atoms with Crippen LogP contribution in [0.1, 0.15) is 24.7 Å². The fourth-order valence-corrected chi connectivity index (χ4v) is 1.38. The van der Waals surface area contributed by atoms with Gasteiger partial charge in [0.15, 0.2) is 0 Å². The molecule has 0 spiro atoms. The van der Waals surface area contributed by atoms with E-state index in [1.807, 2.05) is 13.0 Å². The van der Waals surface area contributed by atoms with E-state index < -0.39 is 0 Å². The zero-order valence-electron chi connectivity index (χ0n) is 9.97. The van der Waals surface area contributed by atoms with Crippen molar-refractivity contribution in [2.45, 2.75) is 26.7 Å². The smallest absolute Gasteiger partial charge is 0.226 e. The number of hydrogen-bond donors (Lipinski definition) is 3. The van der Waals surface area contributed by atoms with Crippen molar-refractivity contribution >= 4 is 5.91 Å². The summed E-state index contributed by atoms with van der Waals surface area (Å²) in [5.41, 5.74) is 1.77. The Balaban J connectivity index is 2.11. The van der Waals surface area contributed by atoms with E-state index in [0.29, 0.717) is 13.0 Å². The van der Waals surface area contributed by atoms with Gasteiger partial charge in [0.2, 0.25) is 5.91 Å². The fraction of sp³-hybridized carbons (Fsp3) is 0.636. The standard InChI is InChI=1S/C11H20N4O/c1-3-4-12-5-6-13-11(16)8-10-7-9(2)14-15-10/h7,12H,3-6,8H2,1-2H3,(H,13,16)(H,14,15). The van der Waals surface area contributed by atoms with Gasteiger partial charge in [0.05, 0.1) is 12.1 Å². The molecule has 5 nitrogen and oxygen atoms in total. The number of aromatic nitrogens is 2. The molecule has 1 heterocycles. The van der Waals surface area contributed by atoms with Crippen LogP contribution in [0, 0.1) is 6.92 Å². The Morgan fingerprint density at radius 3 is 2.88 bits per heavy atom. The Morgan fingerprint density at radius 1 is 1.44 bits per heavy atom. The lowest BCUT2D eigenvalue weighted by Crippen LogP contribution is -2.33. The maximum absolute atomic E-state index is 11.5. The Labute approximate surface area is 96.0 Å². The molecular formula is C11H20N4O. The van der Waals surface area contributed by atoms with E-state index in [1.165, 1.54) is 0 Å². The molecule has 0 saturated carbocycles. The van der Waals surface area contributed by atoms with Crippen molar-refractivity contribution < 1.29 is 4.79 Å². The van der Waals surface area contributed by atoms with E-state index in [0.717, 1.165) is 30.9 Å². The maximum atomic E-state index is 11.5. The molecule has 0 saturated heterocycles. The molecule has 0 aliphatic carbocycles. The third kappa shape index (κ3) is 4.93. The topological polar surface area (TPSA) is 69.8 Å². The van der Waals surface area contributed by atoms with Crippen molar-refractivity contribution in [3.8, 4) is 0 Å². The molecule has 0 unspecified atom stereocenters. The highest BCUT2D eigenvalue weighted by molar-refractivity contribution is 5.78. The molecule has 1 aromatic heterocycles. The predicted octanol–water partition coefficient (Wildman–Crippen LogP) is 0.376. The predicted molar refractivity (Wildman–Crippen MR) is 63.2 cm³/mol. The largest absolute Gasteiger partial charge is 0.354 e. The normalized spacial score (nSPS) is 10.4.